The molecule has 3 rings (SSSR count). The third-order valence-electron chi connectivity index (χ3n) is 6.63. The fourth-order valence-electron chi connectivity index (χ4n) is 4.81. The van der Waals surface area contributed by atoms with Gasteiger partial charge in [0.05, 0.1) is 29.1 Å². The van der Waals surface area contributed by atoms with E-state index in [-0.39, 0.29) is 22.4 Å². The van der Waals surface area contributed by atoms with Crippen LogP contribution in [0.25, 0.3) is 0 Å². The molecule has 0 radical (unpaired) electrons. The number of carbonyl (C=O) groups is 1. The molecule has 1 heterocycles. The van der Waals surface area contributed by atoms with Crippen molar-refractivity contribution < 1.29 is 23.1 Å². The summed E-state index contributed by atoms with van der Waals surface area (Å²) >= 11 is 1.32. The van der Waals surface area contributed by atoms with Gasteiger partial charge in [-0.2, -0.15) is 0 Å². The molecule has 0 saturated carbocycles. The molecule has 2 aromatic carbocycles. The summed E-state index contributed by atoms with van der Waals surface area (Å²) in [4.78, 5) is 12.9. The largest absolute Gasteiger partial charge is 0.465 e. The number of thioether (sulfide) groups is 1. The highest BCUT2D eigenvalue weighted by molar-refractivity contribution is 8.00. The van der Waals surface area contributed by atoms with Crippen LogP contribution in [0.15, 0.2) is 58.3 Å². The van der Waals surface area contributed by atoms with E-state index in [9.17, 15) is 18.3 Å². The highest BCUT2D eigenvalue weighted by Gasteiger charge is 2.48. The van der Waals surface area contributed by atoms with Crippen LogP contribution in [0, 0.1) is 5.41 Å². The Morgan fingerprint density at radius 3 is 2.52 bits per heavy atom. The van der Waals surface area contributed by atoms with Crippen molar-refractivity contribution in [3.05, 3.63) is 59.7 Å². The molecule has 3 unspecified atom stereocenters. The third-order valence-corrected chi connectivity index (χ3v) is 9.59. The van der Waals surface area contributed by atoms with Gasteiger partial charge in [0.2, 0.25) is 0 Å². The van der Waals surface area contributed by atoms with Gasteiger partial charge in [-0.05, 0) is 49.1 Å². The maximum absolute atomic E-state index is 13.6. The Bertz CT molecular complexity index is 1050. The first-order chi connectivity index (χ1) is 15.8. The van der Waals surface area contributed by atoms with Gasteiger partial charge in [0.15, 0.2) is 9.84 Å². The van der Waals surface area contributed by atoms with Gasteiger partial charge < -0.3 is 9.84 Å². The first-order valence-corrected chi connectivity index (χ1v) is 14.3. The molecule has 1 aliphatic heterocycles. The van der Waals surface area contributed by atoms with E-state index in [1.165, 1.54) is 11.8 Å². The molecule has 0 fully saturated rings. The molecule has 2 aromatic rings. The summed E-state index contributed by atoms with van der Waals surface area (Å²) in [6.45, 7) is 6.14. The van der Waals surface area contributed by atoms with Crippen molar-refractivity contribution in [3.63, 3.8) is 0 Å². The van der Waals surface area contributed by atoms with Crippen LogP contribution >= 0.6 is 11.8 Å². The lowest BCUT2D eigenvalue weighted by atomic mass is 9.69. The van der Waals surface area contributed by atoms with Gasteiger partial charge in [-0.15, -0.1) is 11.8 Å². The van der Waals surface area contributed by atoms with Gasteiger partial charge in [0.1, 0.15) is 0 Å². The zero-order chi connectivity index (χ0) is 24.1. The van der Waals surface area contributed by atoms with Crippen LogP contribution in [0.3, 0.4) is 0 Å². The standard InChI is InChI=1S/C26H34O5S2/c1-4-7-15-26(5-2)18-33(29,30)22-14-13-20(32-17-23(27)31-6-3)16-21(22)24(25(26)28)19-11-9-8-10-12-19/h8-14,16,24-25,28H,4-7,15,17-18H2,1-3H3. The van der Waals surface area contributed by atoms with E-state index in [0.29, 0.717) is 25.0 Å². The van der Waals surface area contributed by atoms with E-state index in [1.807, 2.05) is 43.3 Å². The van der Waals surface area contributed by atoms with Crippen LogP contribution in [0.1, 0.15) is 63.5 Å². The average molecular weight is 491 g/mol. The van der Waals surface area contributed by atoms with Crippen molar-refractivity contribution in [1.29, 1.82) is 0 Å². The van der Waals surface area contributed by atoms with E-state index < -0.39 is 27.3 Å². The lowest BCUT2D eigenvalue weighted by Gasteiger charge is -2.39. The molecule has 180 valence electrons. The second-order valence-corrected chi connectivity index (χ2v) is 11.7. The number of benzene rings is 2. The molecular formula is C26H34O5S2. The number of hydrogen-bond donors (Lipinski definition) is 1. The number of fused-ring (bicyclic) bond motifs is 1. The Labute approximate surface area is 201 Å². The van der Waals surface area contributed by atoms with Gasteiger partial charge in [0, 0.05) is 16.2 Å². The molecule has 0 saturated heterocycles. The van der Waals surface area contributed by atoms with Gasteiger partial charge in [-0.1, -0.05) is 57.0 Å². The molecule has 0 amide bonds. The molecular weight excluding hydrogens is 456 g/mol. The lowest BCUT2D eigenvalue weighted by Crippen LogP contribution is -2.42. The summed E-state index contributed by atoms with van der Waals surface area (Å²) in [6.07, 6.45) is 2.18. The molecule has 7 heteroatoms. The number of carbonyl (C=O) groups excluding carboxylic acids is 1. The quantitative estimate of drug-likeness (QED) is 0.384. The second kappa shape index (κ2) is 11.1. The summed E-state index contributed by atoms with van der Waals surface area (Å²) in [7, 11) is -3.62. The van der Waals surface area contributed by atoms with E-state index >= 15 is 0 Å². The molecule has 5 nitrogen and oxygen atoms in total. The first kappa shape index (κ1) is 25.8. The van der Waals surface area contributed by atoms with Gasteiger partial charge in [-0.25, -0.2) is 8.42 Å². The predicted molar refractivity (Wildman–Crippen MR) is 132 cm³/mol. The number of ether oxygens (including phenoxy) is 1. The highest BCUT2D eigenvalue weighted by atomic mass is 32.2. The molecule has 33 heavy (non-hydrogen) atoms. The number of hydrogen-bond acceptors (Lipinski definition) is 6. The first-order valence-electron chi connectivity index (χ1n) is 11.7. The average Bonchev–Trinajstić information content (AvgIpc) is 2.88. The Kier molecular flexibility index (Phi) is 8.65. The maximum atomic E-state index is 13.6. The molecule has 0 aromatic heterocycles. The predicted octanol–water partition coefficient (Wildman–Crippen LogP) is 5.21. The van der Waals surface area contributed by atoms with Crippen LogP contribution < -0.4 is 0 Å². The Hall–Kier alpha value is -1.83. The van der Waals surface area contributed by atoms with E-state index in [1.54, 1.807) is 19.1 Å². The van der Waals surface area contributed by atoms with Crippen molar-refractivity contribution in [2.45, 2.75) is 68.3 Å². The Balaban J connectivity index is 2.15. The smallest absolute Gasteiger partial charge is 0.316 e. The topological polar surface area (TPSA) is 80.7 Å². The van der Waals surface area contributed by atoms with Crippen LogP contribution in [-0.2, 0) is 19.4 Å². The second-order valence-electron chi connectivity index (χ2n) is 8.71. The highest BCUT2D eigenvalue weighted by Crippen LogP contribution is 2.49. The van der Waals surface area contributed by atoms with E-state index in [2.05, 4.69) is 6.92 Å². The van der Waals surface area contributed by atoms with E-state index in [0.717, 1.165) is 23.3 Å². The number of rotatable bonds is 9. The molecule has 0 spiro atoms. The number of esters is 1. The van der Waals surface area contributed by atoms with Crippen LogP contribution in [-0.4, -0.2) is 43.7 Å². The molecule has 0 bridgehead atoms. The maximum Gasteiger partial charge on any atom is 0.316 e. The lowest BCUT2D eigenvalue weighted by molar-refractivity contribution is -0.139. The number of sulfone groups is 1. The summed E-state index contributed by atoms with van der Waals surface area (Å²) in [5.41, 5.74) is 0.770. The Morgan fingerprint density at radius 2 is 1.88 bits per heavy atom. The number of aliphatic hydroxyl groups is 1. The van der Waals surface area contributed by atoms with Gasteiger partial charge >= 0.3 is 5.97 Å². The SMILES string of the molecule is CCCCC1(CC)CS(=O)(=O)c2ccc(SCC(=O)OCC)cc2C(c2ccccc2)C1O. The summed E-state index contributed by atoms with van der Waals surface area (Å²) in [5, 5.41) is 11.9. The summed E-state index contributed by atoms with van der Waals surface area (Å²) in [5.74, 6) is -0.705. The number of unbranched alkanes of at least 4 members (excludes halogenated alkanes) is 1. The molecule has 1 N–H and O–H groups in total. The van der Waals surface area contributed by atoms with Crippen molar-refractivity contribution >= 4 is 27.6 Å². The van der Waals surface area contributed by atoms with Crippen molar-refractivity contribution in [2.75, 3.05) is 18.1 Å². The van der Waals surface area contributed by atoms with Crippen molar-refractivity contribution in [1.82, 2.24) is 0 Å². The molecule has 3 atom stereocenters. The summed E-state index contributed by atoms with van der Waals surface area (Å²) < 4.78 is 32.3. The fourth-order valence-corrected chi connectivity index (χ4v) is 7.81. The van der Waals surface area contributed by atoms with Crippen molar-refractivity contribution in [3.8, 4) is 0 Å². The van der Waals surface area contributed by atoms with Gasteiger partial charge in [0.25, 0.3) is 0 Å². The minimum absolute atomic E-state index is 0.0662. The van der Waals surface area contributed by atoms with Crippen LogP contribution in [0.4, 0.5) is 0 Å². The van der Waals surface area contributed by atoms with Crippen LogP contribution in [0.2, 0.25) is 0 Å². The van der Waals surface area contributed by atoms with Gasteiger partial charge in [-0.3, -0.25) is 4.79 Å². The zero-order valence-corrected chi connectivity index (χ0v) is 21.3. The monoisotopic (exact) mass is 490 g/mol. The third kappa shape index (κ3) is 5.64. The van der Waals surface area contributed by atoms with Crippen LogP contribution in [0.5, 0.6) is 0 Å². The number of aliphatic hydroxyl groups excluding tert-OH is 1. The minimum Gasteiger partial charge on any atom is -0.465 e. The molecule has 1 aliphatic rings. The van der Waals surface area contributed by atoms with E-state index in [4.69, 9.17) is 4.74 Å². The molecule has 0 aliphatic carbocycles. The summed E-state index contributed by atoms with van der Waals surface area (Å²) in [6, 6.07) is 14.9. The zero-order valence-electron chi connectivity index (χ0n) is 19.6. The fraction of sp³-hybridized carbons (Fsp3) is 0.500. The normalized spacial score (nSPS) is 24.0. The Morgan fingerprint density at radius 1 is 1.15 bits per heavy atom. The minimum atomic E-state index is -3.62. The van der Waals surface area contributed by atoms with Crippen molar-refractivity contribution in [2.24, 2.45) is 5.41 Å².